The van der Waals surface area contributed by atoms with Crippen molar-refractivity contribution in [2.45, 2.75) is 18.9 Å². The first-order chi connectivity index (χ1) is 9.72. The molecule has 1 aliphatic heterocycles. The summed E-state index contributed by atoms with van der Waals surface area (Å²) in [5.41, 5.74) is 0.946. The van der Waals surface area contributed by atoms with Crippen LogP contribution >= 0.6 is 0 Å². The molecule has 1 saturated heterocycles. The molecule has 0 aromatic heterocycles. The normalized spacial score (nSPS) is 17.6. The van der Waals surface area contributed by atoms with Gasteiger partial charge in [-0.3, -0.25) is 9.59 Å². The van der Waals surface area contributed by atoms with Gasteiger partial charge in [-0.25, -0.2) is 0 Å². The van der Waals surface area contributed by atoms with Crippen LogP contribution in [0.1, 0.15) is 28.8 Å². The summed E-state index contributed by atoms with van der Waals surface area (Å²) in [6.07, 6.45) is 1.49. The monoisotopic (exact) mass is 272 g/mol. The van der Waals surface area contributed by atoms with Crippen molar-refractivity contribution >= 4 is 11.8 Å². The lowest BCUT2D eigenvalue weighted by Gasteiger charge is -2.22. The number of aliphatic hydroxyl groups excluding tert-OH is 1. The molecule has 1 fully saturated rings. The van der Waals surface area contributed by atoms with E-state index in [1.807, 2.05) is 0 Å². The van der Waals surface area contributed by atoms with Gasteiger partial charge in [0.1, 0.15) is 12.6 Å². The number of carbonyl (C=O) groups excluding carboxylic acids is 2. The number of hydrogen-bond acceptors (Lipinski definition) is 3. The topological polar surface area (TPSA) is 78.4 Å². The molecule has 104 valence electrons. The van der Waals surface area contributed by atoms with Crippen molar-refractivity contribution in [2.75, 3.05) is 13.2 Å². The Morgan fingerprint density at radius 2 is 2.25 bits per heavy atom. The summed E-state index contributed by atoms with van der Waals surface area (Å²) < 4.78 is 0. The Balaban J connectivity index is 2.14. The zero-order valence-electron chi connectivity index (χ0n) is 11.0. The number of benzene rings is 1. The second-order valence-corrected chi connectivity index (χ2v) is 4.46. The minimum Gasteiger partial charge on any atom is -0.384 e. The highest BCUT2D eigenvalue weighted by molar-refractivity contribution is 5.99. The fraction of sp³-hybridized carbons (Fsp3) is 0.333. The molecule has 20 heavy (non-hydrogen) atoms. The van der Waals surface area contributed by atoms with Gasteiger partial charge in [0.05, 0.1) is 5.56 Å². The molecule has 5 heteroatoms. The SMILES string of the molecule is O=C(NC1CCCNC1=O)c1ccccc1C#CCO. The molecule has 0 spiro atoms. The summed E-state index contributed by atoms with van der Waals surface area (Å²) in [5.74, 6) is 4.78. The van der Waals surface area contributed by atoms with Gasteiger partial charge >= 0.3 is 0 Å². The molecular formula is C15H16N2O3. The van der Waals surface area contributed by atoms with Crippen molar-refractivity contribution in [1.29, 1.82) is 0 Å². The van der Waals surface area contributed by atoms with E-state index in [-0.39, 0.29) is 18.4 Å². The summed E-state index contributed by atoms with van der Waals surface area (Å²) in [6, 6.07) is 6.37. The van der Waals surface area contributed by atoms with Crippen LogP contribution in [0.15, 0.2) is 24.3 Å². The maximum absolute atomic E-state index is 12.2. The van der Waals surface area contributed by atoms with E-state index in [0.29, 0.717) is 24.1 Å². The van der Waals surface area contributed by atoms with Gasteiger partial charge in [0.2, 0.25) is 5.91 Å². The van der Waals surface area contributed by atoms with Gasteiger partial charge in [-0.15, -0.1) is 0 Å². The summed E-state index contributed by atoms with van der Waals surface area (Å²) >= 11 is 0. The van der Waals surface area contributed by atoms with Crippen molar-refractivity contribution in [2.24, 2.45) is 0 Å². The van der Waals surface area contributed by atoms with Gasteiger partial charge in [-0.1, -0.05) is 24.0 Å². The van der Waals surface area contributed by atoms with Crippen molar-refractivity contribution in [1.82, 2.24) is 10.6 Å². The van der Waals surface area contributed by atoms with Crippen LogP contribution in [-0.2, 0) is 4.79 Å². The molecule has 0 aliphatic carbocycles. The van der Waals surface area contributed by atoms with Crippen LogP contribution in [0.4, 0.5) is 0 Å². The highest BCUT2D eigenvalue weighted by Gasteiger charge is 2.24. The van der Waals surface area contributed by atoms with Crippen LogP contribution < -0.4 is 10.6 Å². The molecule has 1 aromatic carbocycles. The standard InChI is InChI=1S/C15H16N2O3/c18-10-4-6-11-5-1-2-7-12(11)14(19)17-13-8-3-9-16-15(13)20/h1-2,5,7,13,18H,3,8-10H2,(H,16,20)(H,17,19). The van der Waals surface area contributed by atoms with Crippen molar-refractivity contribution in [3.05, 3.63) is 35.4 Å². The second kappa shape index (κ2) is 6.73. The third kappa shape index (κ3) is 3.37. The quantitative estimate of drug-likeness (QED) is 0.665. The molecule has 0 bridgehead atoms. The van der Waals surface area contributed by atoms with E-state index in [9.17, 15) is 9.59 Å². The first-order valence-corrected chi connectivity index (χ1v) is 6.49. The molecule has 1 atom stereocenters. The van der Waals surface area contributed by atoms with Crippen LogP contribution in [0.2, 0.25) is 0 Å². The van der Waals surface area contributed by atoms with Gasteiger partial charge in [0.15, 0.2) is 0 Å². The van der Waals surface area contributed by atoms with Gasteiger partial charge in [-0.05, 0) is 25.0 Å². The van der Waals surface area contributed by atoms with Gasteiger partial charge in [0, 0.05) is 12.1 Å². The number of hydrogen-bond donors (Lipinski definition) is 3. The van der Waals surface area contributed by atoms with Crippen LogP contribution in [0.5, 0.6) is 0 Å². The van der Waals surface area contributed by atoms with E-state index in [4.69, 9.17) is 5.11 Å². The van der Waals surface area contributed by atoms with E-state index < -0.39 is 6.04 Å². The third-order valence-corrected chi connectivity index (χ3v) is 3.06. The Labute approximate surface area is 117 Å². The Morgan fingerprint density at radius 1 is 1.45 bits per heavy atom. The average molecular weight is 272 g/mol. The summed E-state index contributed by atoms with van der Waals surface area (Å²) in [4.78, 5) is 23.9. The van der Waals surface area contributed by atoms with Crippen LogP contribution in [0.25, 0.3) is 0 Å². The highest BCUT2D eigenvalue weighted by atomic mass is 16.2. The first kappa shape index (κ1) is 14.1. The zero-order valence-corrected chi connectivity index (χ0v) is 11.0. The van der Waals surface area contributed by atoms with E-state index in [0.717, 1.165) is 6.42 Å². The number of nitrogens with one attached hydrogen (secondary N) is 2. The lowest BCUT2D eigenvalue weighted by molar-refractivity contribution is -0.124. The molecule has 1 heterocycles. The van der Waals surface area contributed by atoms with E-state index in [1.165, 1.54) is 0 Å². The summed E-state index contributed by atoms with van der Waals surface area (Å²) in [6.45, 7) is 0.394. The maximum Gasteiger partial charge on any atom is 0.253 e. The number of carbonyl (C=O) groups is 2. The lowest BCUT2D eigenvalue weighted by atomic mass is 10.0. The highest BCUT2D eigenvalue weighted by Crippen LogP contribution is 2.09. The molecule has 1 aliphatic rings. The molecule has 1 aromatic rings. The third-order valence-electron chi connectivity index (χ3n) is 3.06. The smallest absolute Gasteiger partial charge is 0.253 e. The molecule has 0 radical (unpaired) electrons. The minimum absolute atomic E-state index is 0.150. The number of amides is 2. The van der Waals surface area contributed by atoms with E-state index in [1.54, 1.807) is 24.3 Å². The fourth-order valence-corrected chi connectivity index (χ4v) is 2.07. The minimum atomic E-state index is -0.491. The van der Waals surface area contributed by atoms with Gasteiger partial charge in [0.25, 0.3) is 5.91 Å². The van der Waals surface area contributed by atoms with E-state index in [2.05, 4.69) is 22.5 Å². The largest absolute Gasteiger partial charge is 0.384 e. The molecule has 0 saturated carbocycles. The van der Waals surface area contributed by atoms with Crippen LogP contribution in [0, 0.1) is 11.8 Å². The molecule has 5 nitrogen and oxygen atoms in total. The molecular weight excluding hydrogens is 256 g/mol. The summed E-state index contributed by atoms with van der Waals surface area (Å²) in [5, 5.41) is 14.2. The van der Waals surface area contributed by atoms with Crippen molar-refractivity contribution in [3.8, 4) is 11.8 Å². The predicted octanol–water partition coefficient (Wildman–Crippen LogP) is 0.0388. The van der Waals surface area contributed by atoms with Crippen molar-refractivity contribution < 1.29 is 14.7 Å². The molecule has 2 amide bonds. The predicted molar refractivity (Wildman–Crippen MR) is 73.9 cm³/mol. The van der Waals surface area contributed by atoms with Crippen LogP contribution in [0.3, 0.4) is 0 Å². The van der Waals surface area contributed by atoms with Crippen molar-refractivity contribution in [3.63, 3.8) is 0 Å². The Bertz CT molecular complexity index is 572. The van der Waals surface area contributed by atoms with E-state index >= 15 is 0 Å². The Hall–Kier alpha value is -2.32. The molecule has 1 unspecified atom stereocenters. The maximum atomic E-state index is 12.2. The van der Waals surface area contributed by atoms with Crippen LogP contribution in [-0.4, -0.2) is 36.1 Å². The Morgan fingerprint density at radius 3 is 3.00 bits per heavy atom. The lowest BCUT2D eigenvalue weighted by Crippen LogP contribution is -2.50. The number of rotatable bonds is 2. The molecule has 3 N–H and O–H groups in total. The summed E-state index contributed by atoms with van der Waals surface area (Å²) in [7, 11) is 0. The van der Waals surface area contributed by atoms with Gasteiger partial charge < -0.3 is 15.7 Å². The Kier molecular flexibility index (Phi) is 4.75. The molecule has 2 rings (SSSR count). The first-order valence-electron chi connectivity index (χ1n) is 6.49. The number of aliphatic hydroxyl groups is 1. The fourth-order valence-electron chi connectivity index (χ4n) is 2.07. The zero-order chi connectivity index (χ0) is 14.4. The van der Waals surface area contributed by atoms with Gasteiger partial charge in [-0.2, -0.15) is 0 Å². The number of piperidine rings is 1. The average Bonchev–Trinajstić information content (AvgIpc) is 2.47. The second-order valence-electron chi connectivity index (χ2n) is 4.46.